The maximum atomic E-state index is 16.3. The molecule has 0 bridgehead atoms. The third-order valence-electron chi connectivity index (χ3n) is 8.67. The lowest BCUT2D eigenvalue weighted by Gasteiger charge is -2.49. The number of anilines is 3. The van der Waals surface area contributed by atoms with Crippen LogP contribution in [0.3, 0.4) is 0 Å². The number of nitrogen functional groups attached to an aromatic ring is 1. The summed E-state index contributed by atoms with van der Waals surface area (Å²) in [6.07, 6.45) is 1.12. The first-order valence-corrected chi connectivity index (χ1v) is 16.1. The van der Waals surface area contributed by atoms with E-state index in [1.54, 1.807) is 37.9 Å². The Hall–Kier alpha value is -4.78. The highest BCUT2D eigenvalue weighted by molar-refractivity contribution is 6.33. The number of fused-ring (bicyclic) bond motifs is 5. The third-order valence-corrected chi connectivity index (χ3v) is 8.98. The molecule has 2 N–H and O–H groups in total. The minimum Gasteiger partial charge on any atom is -0.444 e. The summed E-state index contributed by atoms with van der Waals surface area (Å²) in [5.74, 6) is -1.13. The van der Waals surface area contributed by atoms with Gasteiger partial charge in [-0.2, -0.15) is 0 Å². The lowest BCUT2D eigenvalue weighted by molar-refractivity contribution is -0.121. The van der Waals surface area contributed by atoms with E-state index in [9.17, 15) is 14.4 Å². The van der Waals surface area contributed by atoms with Gasteiger partial charge in [0.15, 0.2) is 11.5 Å². The van der Waals surface area contributed by atoms with Gasteiger partial charge in [-0.15, -0.1) is 0 Å². The summed E-state index contributed by atoms with van der Waals surface area (Å²) < 4.78 is 23.4. The molecule has 0 spiro atoms. The van der Waals surface area contributed by atoms with Crippen molar-refractivity contribution < 1.29 is 18.7 Å². The van der Waals surface area contributed by atoms with E-state index >= 15 is 4.39 Å². The molecule has 2 amide bonds. The van der Waals surface area contributed by atoms with Gasteiger partial charge in [0.25, 0.3) is 11.5 Å². The number of carbonyl (C=O) groups is 2. The number of ether oxygens (including phenoxy) is 1. The number of amides is 2. The Labute approximate surface area is 282 Å². The van der Waals surface area contributed by atoms with Crippen LogP contribution in [-0.4, -0.2) is 74.2 Å². The second kappa shape index (κ2) is 11.7. The average molecular weight is 677 g/mol. The molecule has 4 aromatic rings. The Balaban J connectivity index is 1.68. The normalized spacial score (nSPS) is 18.0. The second-order valence-corrected chi connectivity index (χ2v) is 14.1. The van der Waals surface area contributed by atoms with E-state index in [0.717, 1.165) is 5.56 Å². The van der Waals surface area contributed by atoms with Crippen molar-refractivity contribution in [2.75, 3.05) is 35.7 Å². The summed E-state index contributed by atoms with van der Waals surface area (Å²) >= 11 is 6.47. The zero-order valence-corrected chi connectivity index (χ0v) is 28.9. The number of carbonyl (C=O) groups excluding carboxylic acids is 2. The van der Waals surface area contributed by atoms with Crippen molar-refractivity contribution in [3.05, 3.63) is 62.9 Å². The fourth-order valence-electron chi connectivity index (χ4n) is 6.47. The quantitative estimate of drug-likeness (QED) is 0.300. The minimum absolute atomic E-state index is 0.000698. The first-order chi connectivity index (χ1) is 22.5. The molecule has 0 radical (unpaired) electrons. The molecule has 0 aromatic carbocycles. The Bertz CT molecular complexity index is 2060. The van der Waals surface area contributed by atoms with E-state index in [-0.39, 0.29) is 58.0 Å². The third kappa shape index (κ3) is 5.39. The molecule has 6 rings (SSSR count). The zero-order chi connectivity index (χ0) is 35.0. The van der Waals surface area contributed by atoms with Crippen molar-refractivity contribution in [3.8, 4) is 17.1 Å². The van der Waals surface area contributed by atoms with Gasteiger partial charge >= 0.3 is 6.09 Å². The van der Waals surface area contributed by atoms with Gasteiger partial charge in [0.05, 0.1) is 28.6 Å². The van der Waals surface area contributed by atoms with Gasteiger partial charge in [0, 0.05) is 31.2 Å². The largest absolute Gasteiger partial charge is 0.444 e. The van der Waals surface area contributed by atoms with E-state index < -0.39 is 41.1 Å². The van der Waals surface area contributed by atoms with E-state index in [1.165, 1.54) is 39.6 Å². The van der Waals surface area contributed by atoms with E-state index in [2.05, 4.69) is 9.97 Å². The predicted molar refractivity (Wildman–Crippen MR) is 184 cm³/mol. The number of rotatable bonds is 3. The van der Waals surface area contributed by atoms with Gasteiger partial charge in [-0.3, -0.25) is 19.1 Å². The van der Waals surface area contributed by atoms with Crippen LogP contribution in [0.4, 0.5) is 26.4 Å². The molecule has 0 unspecified atom stereocenters. The molecule has 2 aliphatic heterocycles. The first-order valence-electron chi connectivity index (χ1n) is 15.7. The molecular weight excluding hydrogens is 639 g/mol. The molecule has 1 saturated heterocycles. The molecule has 6 heterocycles. The number of aryl methyl sites for hydroxylation is 1. The SMILES string of the molecule is Cc1ccnc(C(C)C)c1-n1c(=O)c2c(c3cc(F)c(-c4nc(N)ccc4Cl)nc31)N1C[C@@H](C)N(C(=O)OC(C)(C)C)C[C@@H]1C(=O)N2C. The van der Waals surface area contributed by atoms with Crippen LogP contribution >= 0.6 is 11.6 Å². The molecule has 2 aliphatic rings. The van der Waals surface area contributed by atoms with E-state index in [0.29, 0.717) is 17.1 Å². The van der Waals surface area contributed by atoms with Gasteiger partial charge in [-0.25, -0.2) is 19.2 Å². The summed E-state index contributed by atoms with van der Waals surface area (Å²) in [7, 11) is 1.51. The Morgan fingerprint density at radius 1 is 1.08 bits per heavy atom. The van der Waals surface area contributed by atoms with Gasteiger partial charge in [0.1, 0.15) is 34.5 Å². The molecule has 2 atom stereocenters. The monoisotopic (exact) mass is 676 g/mol. The van der Waals surface area contributed by atoms with Crippen molar-refractivity contribution in [1.82, 2.24) is 24.4 Å². The number of halogens is 2. The standard InChI is InChI=1S/C34H38ClFN8O4/c1-16(2)24-27(17(3)11-12-38-24)44-30-19(13-21(36)26(40-30)25-20(35)9-10-23(37)39-25)28-29(32(44)46)41(8)31(45)22-15-42(18(4)14-43(22)28)33(47)48-34(5,6)7/h9-13,16,18,22H,14-15H2,1-8H3,(H2,37,39)/t18-,22-/m1/s1. The van der Waals surface area contributed by atoms with E-state index in [1.807, 2.05) is 27.7 Å². The van der Waals surface area contributed by atoms with Crippen LogP contribution in [0.1, 0.15) is 58.7 Å². The van der Waals surface area contributed by atoms with Crippen molar-refractivity contribution in [2.24, 2.45) is 0 Å². The number of pyridine rings is 4. The van der Waals surface area contributed by atoms with Crippen molar-refractivity contribution in [1.29, 1.82) is 0 Å². The number of likely N-dealkylation sites (N-methyl/N-ethyl adjacent to an activating group) is 1. The highest BCUT2D eigenvalue weighted by atomic mass is 35.5. The summed E-state index contributed by atoms with van der Waals surface area (Å²) in [5.41, 5.74) is 6.85. The number of nitrogens with two attached hydrogens (primary N) is 1. The van der Waals surface area contributed by atoms with Crippen molar-refractivity contribution >= 4 is 51.8 Å². The summed E-state index contributed by atoms with van der Waals surface area (Å²) in [5, 5.41) is 0.408. The van der Waals surface area contributed by atoms with Crippen LogP contribution in [0, 0.1) is 12.7 Å². The molecule has 4 aromatic heterocycles. The smallest absolute Gasteiger partial charge is 0.410 e. The molecular formula is C34H38ClFN8O4. The topological polar surface area (TPSA) is 140 Å². The van der Waals surface area contributed by atoms with Gasteiger partial charge in [0.2, 0.25) is 0 Å². The Morgan fingerprint density at radius 2 is 1.79 bits per heavy atom. The van der Waals surface area contributed by atoms with Gasteiger partial charge in [-0.1, -0.05) is 25.4 Å². The van der Waals surface area contributed by atoms with Gasteiger partial charge < -0.3 is 25.2 Å². The van der Waals surface area contributed by atoms with E-state index in [4.69, 9.17) is 27.1 Å². The number of nitrogens with zero attached hydrogens (tertiary/aromatic N) is 7. The van der Waals surface area contributed by atoms with Crippen LogP contribution in [-0.2, 0) is 9.53 Å². The highest BCUT2D eigenvalue weighted by Gasteiger charge is 2.47. The fraction of sp³-hybridized carbons (Fsp3) is 0.412. The molecule has 0 aliphatic carbocycles. The number of hydrogen-bond donors (Lipinski definition) is 1. The number of aromatic nitrogens is 4. The van der Waals surface area contributed by atoms with Crippen molar-refractivity contribution in [2.45, 2.75) is 72.1 Å². The molecule has 1 fully saturated rings. The molecule has 12 nitrogen and oxygen atoms in total. The summed E-state index contributed by atoms with van der Waals surface area (Å²) in [4.78, 5) is 60.4. The lowest BCUT2D eigenvalue weighted by atomic mass is 9.98. The highest BCUT2D eigenvalue weighted by Crippen LogP contribution is 2.43. The summed E-state index contributed by atoms with van der Waals surface area (Å²) in [6.45, 7) is 13.1. The average Bonchev–Trinajstić information content (AvgIpc) is 3.00. The number of piperazine rings is 1. The van der Waals surface area contributed by atoms with Gasteiger partial charge in [-0.05, 0) is 70.4 Å². The van der Waals surface area contributed by atoms with Crippen molar-refractivity contribution in [3.63, 3.8) is 0 Å². The number of hydrogen-bond acceptors (Lipinski definition) is 9. The van der Waals surface area contributed by atoms with Crippen LogP contribution in [0.15, 0.2) is 35.3 Å². The Morgan fingerprint density at radius 3 is 2.46 bits per heavy atom. The maximum Gasteiger partial charge on any atom is 0.410 e. The molecule has 252 valence electrons. The van der Waals surface area contributed by atoms with Crippen LogP contribution < -0.4 is 21.1 Å². The zero-order valence-electron chi connectivity index (χ0n) is 28.1. The van der Waals surface area contributed by atoms with Crippen LogP contribution in [0.5, 0.6) is 0 Å². The molecule has 48 heavy (non-hydrogen) atoms. The Kier molecular flexibility index (Phi) is 8.09. The first kappa shape index (κ1) is 33.1. The maximum absolute atomic E-state index is 16.3. The predicted octanol–water partition coefficient (Wildman–Crippen LogP) is 5.44. The fourth-order valence-corrected chi connectivity index (χ4v) is 6.67. The lowest BCUT2D eigenvalue weighted by Crippen LogP contribution is -2.66. The molecule has 0 saturated carbocycles. The molecule has 14 heteroatoms. The second-order valence-electron chi connectivity index (χ2n) is 13.7. The van der Waals surface area contributed by atoms with Crippen LogP contribution in [0.25, 0.3) is 28.1 Å². The van der Waals surface area contributed by atoms with Crippen LogP contribution in [0.2, 0.25) is 5.02 Å². The summed E-state index contributed by atoms with van der Waals surface area (Å²) in [6, 6.07) is 4.78. The minimum atomic E-state index is -0.871.